The lowest BCUT2D eigenvalue weighted by Crippen LogP contribution is -2.62. The second-order valence-electron chi connectivity index (χ2n) is 12.0. The first-order chi connectivity index (χ1) is 17.8. The molecule has 1 aliphatic rings. The molecule has 4 heteroatoms. The van der Waals surface area contributed by atoms with Gasteiger partial charge < -0.3 is 10.4 Å². The van der Waals surface area contributed by atoms with Gasteiger partial charge in [0.25, 0.3) is 0 Å². The van der Waals surface area contributed by atoms with E-state index in [9.17, 15) is 5.11 Å². The van der Waals surface area contributed by atoms with E-state index in [1.807, 2.05) is 0 Å². The van der Waals surface area contributed by atoms with Crippen molar-refractivity contribution in [3.8, 4) is 0 Å². The number of benzene rings is 3. The van der Waals surface area contributed by atoms with E-state index in [-0.39, 0.29) is 17.7 Å². The fourth-order valence-electron chi connectivity index (χ4n) is 6.68. The molecule has 37 heavy (non-hydrogen) atoms. The van der Waals surface area contributed by atoms with Crippen LogP contribution in [0, 0.1) is 0 Å². The molecule has 2 N–H and O–H groups in total. The number of piperidine rings is 1. The van der Waals surface area contributed by atoms with Crippen LogP contribution in [0.2, 0.25) is 0 Å². The molecule has 1 saturated heterocycles. The summed E-state index contributed by atoms with van der Waals surface area (Å²) in [6.07, 6.45) is 5.68. The standard InChI is InChI=1S/C33H46N2OP/c1-32(2)26-28(27-33(3,4)34-32)35(23-24-36)22-14-15-25-37(29-16-8-5-9-17-29,30-18-10-6-11-19-30)31-20-12-7-13-21-31/h5-13,16-21,28,34,36H,14-15,22-27H2,1-4H3/q+1. The summed E-state index contributed by atoms with van der Waals surface area (Å²) in [5.41, 5.74) is 0.212. The maximum Gasteiger partial charge on any atom is 0.112 e. The van der Waals surface area contributed by atoms with Crippen molar-refractivity contribution >= 4 is 23.2 Å². The minimum atomic E-state index is -1.78. The van der Waals surface area contributed by atoms with E-state index in [4.69, 9.17) is 0 Å². The Morgan fingerprint density at radius 1 is 0.703 bits per heavy atom. The third-order valence-electron chi connectivity index (χ3n) is 7.85. The van der Waals surface area contributed by atoms with E-state index in [1.165, 1.54) is 15.9 Å². The Morgan fingerprint density at radius 2 is 1.14 bits per heavy atom. The van der Waals surface area contributed by atoms with Gasteiger partial charge in [-0.1, -0.05) is 54.6 Å². The van der Waals surface area contributed by atoms with Crippen molar-refractivity contribution in [2.75, 3.05) is 25.9 Å². The molecule has 0 spiro atoms. The number of hydrogen-bond acceptors (Lipinski definition) is 3. The van der Waals surface area contributed by atoms with Gasteiger partial charge in [-0.2, -0.15) is 0 Å². The Morgan fingerprint density at radius 3 is 1.54 bits per heavy atom. The fourth-order valence-corrected chi connectivity index (χ4v) is 11.1. The lowest BCUT2D eigenvalue weighted by molar-refractivity contribution is 0.0542. The average molecular weight is 518 g/mol. The van der Waals surface area contributed by atoms with Crippen LogP contribution in [0.15, 0.2) is 91.0 Å². The molecule has 0 atom stereocenters. The highest BCUT2D eigenvalue weighted by atomic mass is 31.2. The van der Waals surface area contributed by atoms with Crippen molar-refractivity contribution < 1.29 is 5.11 Å². The molecular formula is C33H46N2OP+. The summed E-state index contributed by atoms with van der Waals surface area (Å²) >= 11 is 0. The summed E-state index contributed by atoms with van der Waals surface area (Å²) in [4.78, 5) is 2.57. The highest BCUT2D eigenvalue weighted by Crippen LogP contribution is 2.55. The monoisotopic (exact) mass is 517 g/mol. The summed E-state index contributed by atoms with van der Waals surface area (Å²) in [7, 11) is -1.78. The molecule has 0 radical (unpaired) electrons. The summed E-state index contributed by atoms with van der Waals surface area (Å²) in [5, 5.41) is 18.1. The smallest absolute Gasteiger partial charge is 0.112 e. The van der Waals surface area contributed by atoms with Crippen LogP contribution >= 0.6 is 7.26 Å². The summed E-state index contributed by atoms with van der Waals surface area (Å²) in [6, 6.07) is 34.1. The molecular weight excluding hydrogens is 471 g/mol. The van der Waals surface area contributed by atoms with Crippen LogP contribution in [0.3, 0.4) is 0 Å². The van der Waals surface area contributed by atoms with Crippen molar-refractivity contribution in [2.24, 2.45) is 0 Å². The Bertz CT molecular complexity index is 972. The Balaban J connectivity index is 1.57. The molecule has 3 nitrogen and oxygen atoms in total. The van der Waals surface area contributed by atoms with Gasteiger partial charge in [-0.25, -0.2) is 0 Å². The van der Waals surface area contributed by atoms with Crippen LogP contribution in [0.1, 0.15) is 53.4 Å². The molecule has 0 bridgehead atoms. The third-order valence-corrected chi connectivity index (χ3v) is 12.4. The van der Waals surface area contributed by atoms with Gasteiger partial charge in [0, 0.05) is 23.7 Å². The van der Waals surface area contributed by atoms with Gasteiger partial charge in [0.05, 0.1) is 12.8 Å². The molecule has 0 aliphatic carbocycles. The zero-order valence-electron chi connectivity index (χ0n) is 23.2. The van der Waals surface area contributed by atoms with E-state index < -0.39 is 7.26 Å². The maximum absolute atomic E-state index is 9.91. The highest BCUT2D eigenvalue weighted by molar-refractivity contribution is 7.95. The number of nitrogens with zero attached hydrogens (tertiary/aromatic N) is 1. The number of aliphatic hydroxyl groups excluding tert-OH is 1. The minimum absolute atomic E-state index is 0.106. The molecule has 3 aromatic carbocycles. The van der Waals surface area contributed by atoms with Crippen molar-refractivity contribution in [3.63, 3.8) is 0 Å². The largest absolute Gasteiger partial charge is 0.395 e. The Kier molecular flexibility index (Phi) is 9.24. The summed E-state index contributed by atoms with van der Waals surface area (Å²) < 4.78 is 0. The van der Waals surface area contributed by atoms with Gasteiger partial charge in [-0.15, -0.1) is 0 Å². The van der Waals surface area contributed by atoms with Gasteiger partial charge in [0.1, 0.15) is 23.2 Å². The number of hydrogen-bond donors (Lipinski definition) is 2. The van der Waals surface area contributed by atoms with Crippen molar-refractivity contribution in [2.45, 2.75) is 70.5 Å². The SMILES string of the molecule is CC1(C)CC(N(CCO)CCCC[P+](c2ccccc2)(c2ccccc2)c2ccccc2)CC(C)(C)N1. The third kappa shape index (κ3) is 6.89. The van der Waals surface area contributed by atoms with Crippen LogP contribution in [-0.2, 0) is 0 Å². The van der Waals surface area contributed by atoms with Crippen LogP contribution in [-0.4, -0.2) is 53.0 Å². The van der Waals surface area contributed by atoms with Crippen LogP contribution in [0.5, 0.6) is 0 Å². The zero-order chi connectivity index (χ0) is 26.4. The number of rotatable bonds is 11. The quantitative estimate of drug-likeness (QED) is 0.265. The Labute approximate surface area is 225 Å². The lowest BCUT2D eigenvalue weighted by atomic mass is 9.79. The predicted molar refractivity (Wildman–Crippen MR) is 162 cm³/mol. The molecule has 0 aromatic heterocycles. The molecule has 1 heterocycles. The molecule has 198 valence electrons. The van der Waals surface area contributed by atoms with E-state index in [2.05, 4.69) is 129 Å². The fraction of sp³-hybridized carbons (Fsp3) is 0.455. The molecule has 0 saturated carbocycles. The average Bonchev–Trinajstić information content (AvgIpc) is 2.88. The van der Waals surface area contributed by atoms with Crippen molar-refractivity contribution in [3.05, 3.63) is 91.0 Å². The molecule has 1 aliphatic heterocycles. The van der Waals surface area contributed by atoms with E-state index in [1.54, 1.807) is 0 Å². The Hall–Kier alpha value is -2.03. The summed E-state index contributed by atoms with van der Waals surface area (Å²) in [6.45, 7) is 11.3. The van der Waals surface area contributed by atoms with E-state index >= 15 is 0 Å². The zero-order valence-corrected chi connectivity index (χ0v) is 24.1. The lowest BCUT2D eigenvalue weighted by Gasteiger charge is -2.49. The highest BCUT2D eigenvalue weighted by Gasteiger charge is 2.45. The van der Waals surface area contributed by atoms with Crippen LogP contribution < -0.4 is 21.2 Å². The van der Waals surface area contributed by atoms with Crippen LogP contribution in [0.25, 0.3) is 0 Å². The van der Waals surface area contributed by atoms with E-state index in [0.717, 1.165) is 44.9 Å². The first-order valence-corrected chi connectivity index (χ1v) is 15.9. The van der Waals surface area contributed by atoms with Gasteiger partial charge in [0.2, 0.25) is 0 Å². The van der Waals surface area contributed by atoms with Crippen molar-refractivity contribution in [1.82, 2.24) is 10.2 Å². The molecule has 3 aromatic rings. The summed E-state index contributed by atoms with van der Waals surface area (Å²) in [5.74, 6) is 0. The molecule has 0 amide bonds. The van der Waals surface area contributed by atoms with Crippen LogP contribution in [0.4, 0.5) is 0 Å². The number of unbranched alkanes of at least 4 members (excludes halogenated alkanes) is 1. The second-order valence-corrected chi connectivity index (χ2v) is 15.6. The van der Waals surface area contributed by atoms with Gasteiger partial charge in [-0.3, -0.25) is 4.90 Å². The molecule has 1 fully saturated rings. The van der Waals surface area contributed by atoms with Crippen molar-refractivity contribution in [1.29, 1.82) is 0 Å². The number of aliphatic hydroxyl groups is 1. The first kappa shape index (κ1) is 28.0. The second kappa shape index (κ2) is 12.2. The molecule has 4 rings (SSSR count). The topological polar surface area (TPSA) is 35.5 Å². The van der Waals surface area contributed by atoms with Gasteiger partial charge in [0.15, 0.2) is 0 Å². The van der Waals surface area contributed by atoms with Gasteiger partial charge in [-0.05, 0) is 96.3 Å². The number of nitrogens with one attached hydrogen (secondary N) is 1. The van der Waals surface area contributed by atoms with Gasteiger partial charge >= 0.3 is 0 Å². The van der Waals surface area contributed by atoms with E-state index in [0.29, 0.717) is 6.04 Å². The first-order valence-electron chi connectivity index (χ1n) is 13.9. The molecule has 0 unspecified atom stereocenters. The predicted octanol–water partition coefficient (Wildman–Crippen LogP) is 5.36. The maximum atomic E-state index is 9.91. The minimum Gasteiger partial charge on any atom is -0.395 e. The normalized spacial score (nSPS) is 17.7.